The molecule has 0 fully saturated rings. The molecule has 0 heterocycles. The summed E-state index contributed by atoms with van der Waals surface area (Å²) in [6.45, 7) is 0. The number of anilines is 2. The molecular weight excluding hydrogens is 170 g/mol. The molecule has 0 aliphatic heterocycles. The van der Waals surface area contributed by atoms with Crippen molar-refractivity contribution in [1.29, 1.82) is 0 Å². The lowest BCUT2D eigenvalue weighted by atomic mass is 10.2. The molecule has 0 aliphatic carbocycles. The van der Waals surface area contributed by atoms with E-state index in [0.717, 1.165) is 5.69 Å². The van der Waals surface area contributed by atoms with Crippen LogP contribution in [0.5, 0.6) is 0 Å². The smallest absolute Gasteiger partial charge is 0.294 e. The Kier molecular flexibility index (Phi) is 2.69. The van der Waals surface area contributed by atoms with E-state index in [9.17, 15) is 10.1 Å². The summed E-state index contributed by atoms with van der Waals surface area (Å²) in [7, 11) is 3.37. The number of nitro groups is 1. The van der Waals surface area contributed by atoms with Crippen LogP contribution in [0, 0.1) is 10.1 Å². The maximum absolute atomic E-state index is 10.6. The van der Waals surface area contributed by atoms with Gasteiger partial charge in [-0.25, -0.2) is 0 Å². The van der Waals surface area contributed by atoms with Gasteiger partial charge in [-0.1, -0.05) is 0 Å². The van der Waals surface area contributed by atoms with Crippen LogP contribution in [0.1, 0.15) is 0 Å². The van der Waals surface area contributed by atoms with E-state index < -0.39 is 4.92 Å². The molecule has 0 atom stereocenters. The van der Waals surface area contributed by atoms with Crippen molar-refractivity contribution in [3.8, 4) is 0 Å². The summed E-state index contributed by atoms with van der Waals surface area (Å²) in [6.07, 6.45) is 0. The van der Waals surface area contributed by atoms with Gasteiger partial charge in [0.25, 0.3) is 5.69 Å². The van der Waals surface area contributed by atoms with Crippen LogP contribution in [0.2, 0.25) is 0 Å². The van der Waals surface area contributed by atoms with E-state index in [0.29, 0.717) is 5.69 Å². The molecule has 5 heteroatoms. The number of nitrogens with zero attached hydrogens (tertiary/aromatic N) is 1. The normalized spacial score (nSPS) is 9.38. The molecule has 0 spiro atoms. The average Bonchev–Trinajstić information content (AvgIpc) is 2.16. The predicted molar refractivity (Wildman–Crippen MR) is 52.2 cm³/mol. The monoisotopic (exact) mass is 181 g/mol. The van der Waals surface area contributed by atoms with Gasteiger partial charge in [0.15, 0.2) is 0 Å². The Morgan fingerprint density at radius 1 is 1.31 bits per heavy atom. The molecule has 0 saturated heterocycles. The Morgan fingerprint density at radius 2 is 2.00 bits per heavy atom. The van der Waals surface area contributed by atoms with Crippen LogP contribution in [-0.2, 0) is 0 Å². The molecule has 1 rings (SSSR count). The fourth-order valence-corrected chi connectivity index (χ4v) is 1.05. The number of nitro benzene ring substituents is 1. The summed E-state index contributed by atoms with van der Waals surface area (Å²) in [5, 5.41) is 16.2. The van der Waals surface area contributed by atoms with E-state index in [1.807, 2.05) is 0 Å². The first-order chi connectivity index (χ1) is 6.19. The molecule has 0 aliphatic rings. The molecule has 2 N–H and O–H groups in total. The Balaban J connectivity index is 3.18. The van der Waals surface area contributed by atoms with Crippen LogP contribution in [0.4, 0.5) is 17.1 Å². The zero-order valence-electron chi connectivity index (χ0n) is 7.50. The number of hydrogen-bond acceptors (Lipinski definition) is 4. The van der Waals surface area contributed by atoms with E-state index >= 15 is 0 Å². The van der Waals surface area contributed by atoms with Crippen LogP contribution in [0.3, 0.4) is 0 Å². The van der Waals surface area contributed by atoms with Crippen LogP contribution in [-0.4, -0.2) is 19.0 Å². The second kappa shape index (κ2) is 3.75. The summed E-state index contributed by atoms with van der Waals surface area (Å²) >= 11 is 0. The fraction of sp³-hybridized carbons (Fsp3) is 0.250. The van der Waals surface area contributed by atoms with Crippen molar-refractivity contribution < 1.29 is 4.92 Å². The standard InChI is InChI=1S/C8H11N3O2/c1-9-6-3-4-7(10-2)8(5-6)11(12)13/h3-5,9-10H,1-2H3. The highest BCUT2D eigenvalue weighted by molar-refractivity contribution is 5.67. The minimum Gasteiger partial charge on any atom is -0.388 e. The third-order valence-electron chi connectivity index (χ3n) is 1.75. The second-order valence-corrected chi connectivity index (χ2v) is 2.49. The van der Waals surface area contributed by atoms with E-state index in [1.165, 1.54) is 6.07 Å². The minimum atomic E-state index is -0.410. The van der Waals surface area contributed by atoms with Gasteiger partial charge in [-0.05, 0) is 12.1 Å². The molecule has 1 aromatic carbocycles. The SMILES string of the molecule is CNc1ccc(NC)c([N+](=O)[O-])c1. The van der Waals surface area contributed by atoms with Crippen molar-refractivity contribution in [3.63, 3.8) is 0 Å². The van der Waals surface area contributed by atoms with Crippen LogP contribution >= 0.6 is 0 Å². The number of benzene rings is 1. The number of nitrogens with one attached hydrogen (secondary N) is 2. The van der Waals surface area contributed by atoms with Gasteiger partial charge in [0.2, 0.25) is 0 Å². The summed E-state index contributed by atoms with van der Waals surface area (Å²) in [5.41, 5.74) is 1.32. The molecule has 0 unspecified atom stereocenters. The van der Waals surface area contributed by atoms with E-state index in [2.05, 4.69) is 10.6 Å². The molecule has 0 saturated carbocycles. The number of rotatable bonds is 3. The van der Waals surface area contributed by atoms with Crippen molar-refractivity contribution in [3.05, 3.63) is 28.3 Å². The van der Waals surface area contributed by atoms with Crippen molar-refractivity contribution in [2.75, 3.05) is 24.7 Å². The Labute approximate surface area is 75.9 Å². The maximum Gasteiger partial charge on any atom is 0.294 e. The lowest BCUT2D eigenvalue weighted by Gasteiger charge is -2.04. The zero-order chi connectivity index (χ0) is 9.84. The molecule has 0 radical (unpaired) electrons. The van der Waals surface area contributed by atoms with Gasteiger partial charge in [-0.2, -0.15) is 0 Å². The molecule has 13 heavy (non-hydrogen) atoms. The highest BCUT2D eigenvalue weighted by Crippen LogP contribution is 2.26. The van der Waals surface area contributed by atoms with E-state index in [4.69, 9.17) is 0 Å². The summed E-state index contributed by atoms with van der Waals surface area (Å²) < 4.78 is 0. The van der Waals surface area contributed by atoms with Crippen molar-refractivity contribution in [1.82, 2.24) is 0 Å². The van der Waals surface area contributed by atoms with Crippen LogP contribution in [0.25, 0.3) is 0 Å². The fourth-order valence-electron chi connectivity index (χ4n) is 1.05. The van der Waals surface area contributed by atoms with Gasteiger partial charge >= 0.3 is 0 Å². The van der Waals surface area contributed by atoms with E-state index in [1.54, 1.807) is 26.2 Å². The highest BCUT2D eigenvalue weighted by atomic mass is 16.6. The molecule has 0 amide bonds. The lowest BCUT2D eigenvalue weighted by Crippen LogP contribution is -1.97. The second-order valence-electron chi connectivity index (χ2n) is 2.49. The molecule has 1 aromatic rings. The predicted octanol–water partition coefficient (Wildman–Crippen LogP) is 1.68. The zero-order valence-corrected chi connectivity index (χ0v) is 7.50. The minimum absolute atomic E-state index is 0.0781. The topological polar surface area (TPSA) is 67.2 Å². The van der Waals surface area contributed by atoms with Crippen LogP contribution in [0.15, 0.2) is 18.2 Å². The molecule has 70 valence electrons. The highest BCUT2D eigenvalue weighted by Gasteiger charge is 2.12. The quantitative estimate of drug-likeness (QED) is 0.550. The Hall–Kier alpha value is -1.78. The van der Waals surface area contributed by atoms with Gasteiger partial charge in [0.1, 0.15) is 5.69 Å². The lowest BCUT2D eigenvalue weighted by molar-refractivity contribution is -0.383. The average molecular weight is 181 g/mol. The van der Waals surface area contributed by atoms with E-state index in [-0.39, 0.29) is 5.69 Å². The third kappa shape index (κ3) is 1.87. The first-order valence-electron chi connectivity index (χ1n) is 3.83. The van der Waals surface area contributed by atoms with Gasteiger partial charge in [-0.15, -0.1) is 0 Å². The maximum atomic E-state index is 10.6. The molecular formula is C8H11N3O2. The summed E-state index contributed by atoms with van der Waals surface area (Å²) in [4.78, 5) is 10.2. The first kappa shape index (κ1) is 9.31. The Bertz CT molecular complexity index is 325. The summed E-state index contributed by atoms with van der Waals surface area (Å²) in [5.74, 6) is 0. The van der Waals surface area contributed by atoms with Gasteiger partial charge in [0.05, 0.1) is 4.92 Å². The van der Waals surface area contributed by atoms with Crippen LogP contribution < -0.4 is 10.6 Å². The van der Waals surface area contributed by atoms with Crippen molar-refractivity contribution in [2.45, 2.75) is 0 Å². The molecule has 0 bridgehead atoms. The van der Waals surface area contributed by atoms with Gasteiger partial charge < -0.3 is 10.6 Å². The Morgan fingerprint density at radius 3 is 2.46 bits per heavy atom. The van der Waals surface area contributed by atoms with Crippen molar-refractivity contribution in [2.24, 2.45) is 0 Å². The molecule has 0 aromatic heterocycles. The first-order valence-corrected chi connectivity index (χ1v) is 3.83. The molecule has 5 nitrogen and oxygen atoms in total. The van der Waals surface area contributed by atoms with Gasteiger partial charge in [-0.3, -0.25) is 10.1 Å². The third-order valence-corrected chi connectivity index (χ3v) is 1.75. The van der Waals surface area contributed by atoms with Gasteiger partial charge in [0, 0.05) is 25.8 Å². The van der Waals surface area contributed by atoms with Crippen molar-refractivity contribution >= 4 is 17.1 Å². The number of hydrogen-bond donors (Lipinski definition) is 2. The largest absolute Gasteiger partial charge is 0.388 e. The summed E-state index contributed by atoms with van der Waals surface area (Å²) in [6, 6.07) is 4.94.